The van der Waals surface area contributed by atoms with Gasteiger partial charge in [0.05, 0.1) is 0 Å². The van der Waals surface area contributed by atoms with Crippen molar-refractivity contribution in [1.82, 2.24) is 0 Å². The van der Waals surface area contributed by atoms with Crippen LogP contribution in [0.5, 0.6) is 5.75 Å². The van der Waals surface area contributed by atoms with Crippen LogP contribution in [0.25, 0.3) is 22.3 Å². The van der Waals surface area contributed by atoms with Gasteiger partial charge in [-0.2, -0.15) is 0 Å². The van der Waals surface area contributed by atoms with E-state index in [2.05, 4.69) is 29.9 Å². The summed E-state index contributed by atoms with van der Waals surface area (Å²) in [5.74, 6) is -0.717. The van der Waals surface area contributed by atoms with Crippen LogP contribution < -0.4 is 4.74 Å². The second kappa shape index (κ2) is 6.97. The van der Waals surface area contributed by atoms with Crippen LogP contribution in [-0.4, -0.2) is 6.36 Å². The Balaban J connectivity index is 1.70. The highest BCUT2D eigenvalue weighted by molar-refractivity contribution is 5.78. The molecule has 0 unspecified atom stereocenters. The standard InChI is InChI=1S/C23H18F4O/c1-2-14-3-10-19-16(11-14)4-5-17-12-21(22(24)13-20(17)19)15-6-8-18(9-7-15)28-23(25,26)27/h3,6-13H,2,4-5H2,1H3. The van der Waals surface area contributed by atoms with Crippen LogP contribution in [0.15, 0.2) is 54.6 Å². The number of halogens is 4. The molecule has 0 saturated carbocycles. The van der Waals surface area contributed by atoms with Gasteiger partial charge in [0, 0.05) is 5.56 Å². The van der Waals surface area contributed by atoms with Crippen molar-refractivity contribution in [1.29, 1.82) is 0 Å². The molecule has 0 atom stereocenters. The van der Waals surface area contributed by atoms with E-state index in [-0.39, 0.29) is 5.75 Å². The molecule has 0 saturated heterocycles. The van der Waals surface area contributed by atoms with Crippen LogP contribution in [0.1, 0.15) is 23.6 Å². The maximum atomic E-state index is 14.9. The van der Waals surface area contributed by atoms with Gasteiger partial charge in [0.2, 0.25) is 0 Å². The van der Waals surface area contributed by atoms with E-state index < -0.39 is 12.2 Å². The second-order valence-corrected chi connectivity index (χ2v) is 6.91. The predicted octanol–water partition coefficient (Wildman–Crippen LogP) is 6.72. The van der Waals surface area contributed by atoms with E-state index in [1.165, 1.54) is 41.5 Å². The molecule has 3 aromatic rings. The molecule has 0 amide bonds. The van der Waals surface area contributed by atoms with Gasteiger partial charge < -0.3 is 4.74 Å². The lowest BCUT2D eigenvalue weighted by Gasteiger charge is -2.22. The van der Waals surface area contributed by atoms with E-state index in [1.54, 1.807) is 6.07 Å². The fourth-order valence-corrected chi connectivity index (χ4v) is 3.74. The average Bonchev–Trinajstić information content (AvgIpc) is 2.66. The van der Waals surface area contributed by atoms with Gasteiger partial charge in [0.1, 0.15) is 11.6 Å². The molecule has 28 heavy (non-hydrogen) atoms. The number of fused-ring (bicyclic) bond motifs is 3. The smallest absolute Gasteiger partial charge is 0.406 e. The summed E-state index contributed by atoms with van der Waals surface area (Å²) in [6.45, 7) is 2.11. The number of hydrogen-bond acceptors (Lipinski definition) is 1. The molecule has 0 fully saturated rings. The van der Waals surface area contributed by atoms with Crippen LogP contribution in [0.3, 0.4) is 0 Å². The minimum atomic E-state index is -4.75. The van der Waals surface area contributed by atoms with Crippen LogP contribution in [-0.2, 0) is 19.3 Å². The first-order chi connectivity index (χ1) is 13.3. The monoisotopic (exact) mass is 386 g/mol. The van der Waals surface area contributed by atoms with Gasteiger partial charge in [0.15, 0.2) is 0 Å². The van der Waals surface area contributed by atoms with Gasteiger partial charge in [-0.05, 0) is 76.9 Å². The highest BCUT2D eigenvalue weighted by Gasteiger charge is 2.31. The SMILES string of the molecule is CCc1ccc2c(c1)CCc1cc(-c3ccc(OC(F)(F)F)cc3)c(F)cc1-2. The van der Waals surface area contributed by atoms with Crippen molar-refractivity contribution >= 4 is 0 Å². The summed E-state index contributed by atoms with van der Waals surface area (Å²) in [4.78, 5) is 0. The van der Waals surface area contributed by atoms with Crippen molar-refractivity contribution in [2.75, 3.05) is 0 Å². The van der Waals surface area contributed by atoms with E-state index in [0.717, 1.165) is 36.0 Å². The number of rotatable bonds is 3. The first-order valence-electron chi connectivity index (χ1n) is 9.15. The maximum Gasteiger partial charge on any atom is 0.573 e. The average molecular weight is 386 g/mol. The van der Waals surface area contributed by atoms with Crippen molar-refractivity contribution in [2.24, 2.45) is 0 Å². The van der Waals surface area contributed by atoms with E-state index >= 15 is 0 Å². The lowest BCUT2D eigenvalue weighted by molar-refractivity contribution is -0.274. The molecule has 0 aliphatic heterocycles. The Hall–Kier alpha value is -2.82. The summed E-state index contributed by atoms with van der Waals surface area (Å²) in [5.41, 5.74) is 6.38. The summed E-state index contributed by atoms with van der Waals surface area (Å²) in [6.07, 6.45) is -2.09. The molecule has 3 aromatic carbocycles. The molecule has 0 radical (unpaired) electrons. The van der Waals surface area contributed by atoms with Crippen molar-refractivity contribution in [3.8, 4) is 28.0 Å². The van der Waals surface area contributed by atoms with E-state index in [4.69, 9.17) is 0 Å². The topological polar surface area (TPSA) is 9.23 Å². The highest BCUT2D eigenvalue weighted by Crippen LogP contribution is 2.38. The summed E-state index contributed by atoms with van der Waals surface area (Å²) < 4.78 is 55.7. The van der Waals surface area contributed by atoms with Crippen molar-refractivity contribution < 1.29 is 22.3 Å². The minimum absolute atomic E-state index is 0.324. The molecule has 1 aliphatic carbocycles. The Morgan fingerprint density at radius 1 is 0.821 bits per heavy atom. The third-order valence-corrected chi connectivity index (χ3v) is 5.12. The summed E-state index contributed by atoms with van der Waals surface area (Å²) in [5, 5.41) is 0. The van der Waals surface area contributed by atoms with E-state index in [0.29, 0.717) is 11.1 Å². The molecule has 144 valence electrons. The summed E-state index contributed by atoms with van der Waals surface area (Å²) >= 11 is 0. The van der Waals surface area contributed by atoms with Crippen molar-refractivity contribution in [3.05, 3.63) is 77.1 Å². The predicted molar refractivity (Wildman–Crippen MR) is 101 cm³/mol. The molecule has 1 aliphatic rings. The Morgan fingerprint density at radius 2 is 1.50 bits per heavy atom. The van der Waals surface area contributed by atoms with Crippen LogP contribution in [0.4, 0.5) is 17.6 Å². The normalized spacial score (nSPS) is 13.0. The first-order valence-corrected chi connectivity index (χ1v) is 9.15. The zero-order chi connectivity index (χ0) is 19.9. The molecular formula is C23H18F4O. The fraction of sp³-hybridized carbons (Fsp3) is 0.217. The van der Waals surface area contributed by atoms with E-state index in [1.807, 2.05) is 0 Å². The largest absolute Gasteiger partial charge is 0.573 e. The van der Waals surface area contributed by atoms with Gasteiger partial charge in [-0.25, -0.2) is 4.39 Å². The van der Waals surface area contributed by atoms with Crippen LogP contribution in [0, 0.1) is 5.82 Å². The molecular weight excluding hydrogens is 368 g/mol. The Kier molecular flexibility index (Phi) is 4.61. The molecule has 5 heteroatoms. The molecule has 0 bridgehead atoms. The number of hydrogen-bond donors (Lipinski definition) is 0. The first kappa shape index (κ1) is 18.5. The summed E-state index contributed by atoms with van der Waals surface area (Å²) in [6, 6.07) is 14.9. The maximum absolute atomic E-state index is 14.9. The molecule has 4 rings (SSSR count). The lowest BCUT2D eigenvalue weighted by Crippen LogP contribution is -2.16. The van der Waals surface area contributed by atoms with Gasteiger partial charge in [0.25, 0.3) is 0 Å². The Labute approximate surface area is 160 Å². The van der Waals surface area contributed by atoms with Gasteiger partial charge >= 0.3 is 6.36 Å². The summed E-state index contributed by atoms with van der Waals surface area (Å²) in [7, 11) is 0. The van der Waals surface area contributed by atoms with Gasteiger partial charge in [-0.1, -0.05) is 37.3 Å². The molecule has 1 nitrogen and oxygen atoms in total. The number of aryl methyl sites for hydroxylation is 3. The molecule has 0 heterocycles. The van der Waals surface area contributed by atoms with Gasteiger partial charge in [-0.15, -0.1) is 13.2 Å². The van der Waals surface area contributed by atoms with Crippen molar-refractivity contribution in [2.45, 2.75) is 32.5 Å². The Morgan fingerprint density at radius 3 is 2.14 bits per heavy atom. The third kappa shape index (κ3) is 3.61. The van der Waals surface area contributed by atoms with Gasteiger partial charge in [-0.3, -0.25) is 0 Å². The van der Waals surface area contributed by atoms with Crippen molar-refractivity contribution in [3.63, 3.8) is 0 Å². The molecule has 0 N–H and O–H groups in total. The molecule has 0 aromatic heterocycles. The quantitative estimate of drug-likeness (QED) is 0.454. The highest BCUT2D eigenvalue weighted by atomic mass is 19.4. The molecule has 0 spiro atoms. The number of alkyl halides is 3. The van der Waals surface area contributed by atoms with Crippen LogP contribution >= 0.6 is 0 Å². The van der Waals surface area contributed by atoms with Crippen LogP contribution in [0.2, 0.25) is 0 Å². The number of ether oxygens (including phenoxy) is 1. The second-order valence-electron chi connectivity index (χ2n) is 6.91. The lowest BCUT2D eigenvalue weighted by atomic mass is 9.83. The third-order valence-electron chi connectivity index (χ3n) is 5.12. The fourth-order valence-electron chi connectivity index (χ4n) is 3.74. The Bertz CT molecular complexity index is 1020. The zero-order valence-corrected chi connectivity index (χ0v) is 15.2. The number of benzene rings is 3. The van der Waals surface area contributed by atoms with E-state index in [9.17, 15) is 17.6 Å². The minimum Gasteiger partial charge on any atom is -0.406 e. The zero-order valence-electron chi connectivity index (χ0n) is 15.2.